The van der Waals surface area contributed by atoms with Crippen LogP contribution < -0.4 is 5.32 Å². The van der Waals surface area contributed by atoms with Crippen molar-refractivity contribution in [1.82, 2.24) is 29.1 Å². The van der Waals surface area contributed by atoms with Crippen molar-refractivity contribution in [3.05, 3.63) is 36.5 Å². The Morgan fingerprint density at radius 1 is 1.23 bits per heavy atom. The zero-order chi connectivity index (χ0) is 21.5. The minimum absolute atomic E-state index is 0.314. The van der Waals surface area contributed by atoms with E-state index in [1.807, 2.05) is 25.3 Å². The number of fused-ring (bicyclic) bond motifs is 2. The van der Waals surface area contributed by atoms with Crippen LogP contribution in [0.3, 0.4) is 0 Å². The van der Waals surface area contributed by atoms with Gasteiger partial charge in [-0.2, -0.15) is 0 Å². The van der Waals surface area contributed by atoms with Crippen LogP contribution in [0, 0.1) is 6.92 Å². The molecular weight excluding hydrogens is 404 g/mol. The van der Waals surface area contributed by atoms with Crippen LogP contribution in [0.5, 0.6) is 0 Å². The van der Waals surface area contributed by atoms with Gasteiger partial charge < -0.3 is 14.6 Å². The lowest BCUT2D eigenvalue weighted by molar-refractivity contribution is 0.00283. The number of rotatable bonds is 7. The van der Waals surface area contributed by atoms with Crippen molar-refractivity contribution in [2.24, 2.45) is 0 Å². The molecule has 0 amide bonds. The molecule has 1 fully saturated rings. The number of nitrogens with one attached hydrogen (secondary N) is 1. The van der Waals surface area contributed by atoms with Gasteiger partial charge in [-0.25, -0.2) is 28.2 Å². The van der Waals surface area contributed by atoms with Crippen LogP contribution in [0.25, 0.3) is 27.8 Å². The molecule has 0 unspecified atom stereocenters. The number of ether oxygens (including phenoxy) is 1. The minimum atomic E-state index is -2.46. The Bertz CT molecular complexity index is 1230. The molecule has 5 rings (SSSR count). The maximum absolute atomic E-state index is 13.0. The molecule has 10 heteroatoms. The van der Waals surface area contributed by atoms with Gasteiger partial charge in [-0.1, -0.05) is 0 Å². The summed E-state index contributed by atoms with van der Waals surface area (Å²) in [6.07, 6.45) is 5.06. The molecule has 8 nitrogen and oxygen atoms in total. The fourth-order valence-electron chi connectivity index (χ4n) is 4.08. The van der Waals surface area contributed by atoms with Crippen molar-refractivity contribution in [2.45, 2.75) is 51.8 Å². The van der Waals surface area contributed by atoms with Crippen LogP contribution in [-0.2, 0) is 11.3 Å². The summed E-state index contributed by atoms with van der Waals surface area (Å²) >= 11 is 0. The van der Waals surface area contributed by atoms with Crippen LogP contribution in [0.4, 0.5) is 14.7 Å². The first-order chi connectivity index (χ1) is 15.0. The molecule has 0 saturated heterocycles. The summed E-state index contributed by atoms with van der Waals surface area (Å²) < 4.78 is 34.9. The Hall–Kier alpha value is -3.14. The van der Waals surface area contributed by atoms with Crippen LogP contribution in [0.1, 0.15) is 25.6 Å². The molecule has 0 spiro atoms. The number of alkyl halides is 2. The largest absolute Gasteiger partial charge is 0.378 e. The molecule has 4 heterocycles. The number of pyridine rings is 1. The fraction of sp³-hybridized carbons (Fsp3) is 0.429. The van der Waals surface area contributed by atoms with Gasteiger partial charge in [0.1, 0.15) is 5.82 Å². The molecular formula is C21H23F2N7O. The second kappa shape index (κ2) is 7.84. The molecule has 0 atom stereocenters. The minimum Gasteiger partial charge on any atom is -0.378 e. The first kappa shape index (κ1) is 19.8. The fourth-order valence-corrected chi connectivity index (χ4v) is 4.08. The van der Waals surface area contributed by atoms with E-state index in [2.05, 4.69) is 25.4 Å². The summed E-state index contributed by atoms with van der Waals surface area (Å²) in [6, 6.07) is 4.08. The van der Waals surface area contributed by atoms with Crippen molar-refractivity contribution < 1.29 is 13.5 Å². The maximum Gasteiger partial charge on any atom is 0.256 e. The Morgan fingerprint density at radius 3 is 2.84 bits per heavy atom. The van der Waals surface area contributed by atoms with Crippen LogP contribution in [0.2, 0.25) is 0 Å². The molecule has 31 heavy (non-hydrogen) atoms. The molecule has 1 aliphatic carbocycles. The summed E-state index contributed by atoms with van der Waals surface area (Å²) in [7, 11) is 0. The highest BCUT2D eigenvalue weighted by Crippen LogP contribution is 2.29. The van der Waals surface area contributed by atoms with Gasteiger partial charge in [0.15, 0.2) is 5.65 Å². The van der Waals surface area contributed by atoms with Gasteiger partial charge >= 0.3 is 0 Å². The van der Waals surface area contributed by atoms with E-state index in [0.717, 1.165) is 36.1 Å². The summed E-state index contributed by atoms with van der Waals surface area (Å²) in [5, 5.41) is 7.90. The van der Waals surface area contributed by atoms with Gasteiger partial charge in [-0.3, -0.25) is 0 Å². The Labute approximate surface area is 177 Å². The molecule has 0 aliphatic heterocycles. The molecule has 4 aromatic rings. The van der Waals surface area contributed by atoms with E-state index >= 15 is 0 Å². The maximum atomic E-state index is 13.0. The summed E-state index contributed by atoms with van der Waals surface area (Å²) in [6.45, 7) is 4.03. The van der Waals surface area contributed by atoms with Crippen LogP contribution >= 0.6 is 0 Å². The highest BCUT2D eigenvalue weighted by molar-refractivity contribution is 5.85. The van der Waals surface area contributed by atoms with E-state index in [-0.39, 0.29) is 0 Å². The molecule has 0 radical (unpaired) electrons. The second-order valence-electron chi connectivity index (χ2n) is 7.76. The Morgan fingerprint density at radius 2 is 2.06 bits per heavy atom. The third-order valence-corrected chi connectivity index (χ3v) is 5.68. The number of halogens is 2. The summed E-state index contributed by atoms with van der Waals surface area (Å²) in [5.74, 6) is 1.08. The normalized spacial score (nSPS) is 18.7. The Kier molecular flexibility index (Phi) is 5.01. The second-order valence-corrected chi connectivity index (χ2v) is 7.76. The lowest BCUT2D eigenvalue weighted by Crippen LogP contribution is -2.41. The molecule has 1 saturated carbocycles. The molecule has 0 aromatic carbocycles. The van der Waals surface area contributed by atoms with Gasteiger partial charge in [-0.05, 0) is 38.8 Å². The summed E-state index contributed by atoms with van der Waals surface area (Å²) in [4.78, 5) is 13.1. The number of imidazole rings is 1. The lowest BCUT2D eigenvalue weighted by Gasteiger charge is -2.35. The lowest BCUT2D eigenvalue weighted by atomic mass is 9.89. The zero-order valence-corrected chi connectivity index (χ0v) is 17.3. The topological polar surface area (TPSA) is 82.2 Å². The first-order valence-electron chi connectivity index (χ1n) is 10.4. The van der Waals surface area contributed by atoms with E-state index < -0.39 is 13.0 Å². The SMILES string of the molecule is CCO[C@H]1C[C@@H](Nc2ncc3c(-c4cnc5nc(C)n(CC(F)F)c5c4)ccn3n2)C1. The van der Waals surface area contributed by atoms with Crippen molar-refractivity contribution in [1.29, 1.82) is 0 Å². The van der Waals surface area contributed by atoms with Gasteiger partial charge in [0.2, 0.25) is 5.95 Å². The van der Waals surface area contributed by atoms with Gasteiger partial charge in [0.25, 0.3) is 6.43 Å². The number of hydrogen-bond donors (Lipinski definition) is 1. The Balaban J connectivity index is 1.42. The van der Waals surface area contributed by atoms with E-state index in [9.17, 15) is 8.78 Å². The molecule has 1 N–H and O–H groups in total. The number of aromatic nitrogens is 6. The van der Waals surface area contributed by atoms with Crippen molar-refractivity contribution >= 4 is 22.6 Å². The quantitative estimate of drug-likeness (QED) is 0.484. The molecule has 1 aliphatic rings. The smallest absolute Gasteiger partial charge is 0.256 e. The average Bonchev–Trinajstić information content (AvgIpc) is 3.26. The van der Waals surface area contributed by atoms with E-state index in [1.165, 1.54) is 4.57 Å². The number of nitrogens with zero attached hydrogens (tertiary/aromatic N) is 6. The number of aryl methyl sites for hydroxylation is 1. The third-order valence-electron chi connectivity index (χ3n) is 5.68. The van der Waals surface area contributed by atoms with Gasteiger partial charge in [-0.15, -0.1) is 5.10 Å². The highest BCUT2D eigenvalue weighted by Gasteiger charge is 2.30. The van der Waals surface area contributed by atoms with Crippen molar-refractivity contribution in [3.8, 4) is 11.1 Å². The van der Waals surface area contributed by atoms with Gasteiger partial charge in [0, 0.05) is 36.2 Å². The predicted octanol–water partition coefficient (Wildman–Crippen LogP) is 3.69. The number of hydrogen-bond acceptors (Lipinski definition) is 6. The third kappa shape index (κ3) is 3.71. The highest BCUT2D eigenvalue weighted by atomic mass is 19.3. The van der Waals surface area contributed by atoms with Crippen molar-refractivity contribution in [3.63, 3.8) is 0 Å². The first-order valence-corrected chi connectivity index (χ1v) is 10.4. The zero-order valence-electron chi connectivity index (χ0n) is 17.3. The summed E-state index contributed by atoms with van der Waals surface area (Å²) in [5.41, 5.74) is 3.53. The average molecular weight is 427 g/mol. The molecule has 4 aromatic heterocycles. The number of anilines is 1. The standard InChI is InChI=1S/C21H23F2N7O/c1-3-31-15-7-14(8-15)27-21-25-10-18-16(4-5-30(18)28-21)13-6-17-20(24-9-13)26-12(2)29(17)11-19(22)23/h4-6,9-10,14-15,19H,3,7-8,11H2,1-2H3,(H,27,28)/t14-,15+. The predicted molar refractivity (Wildman–Crippen MR) is 112 cm³/mol. The monoisotopic (exact) mass is 427 g/mol. The van der Waals surface area contributed by atoms with Crippen molar-refractivity contribution in [2.75, 3.05) is 11.9 Å². The van der Waals surface area contributed by atoms with E-state index in [4.69, 9.17) is 4.74 Å². The molecule has 0 bridgehead atoms. The van der Waals surface area contributed by atoms with Crippen LogP contribution in [-0.4, -0.2) is 54.3 Å². The van der Waals surface area contributed by atoms with Crippen LogP contribution in [0.15, 0.2) is 30.7 Å². The molecule has 162 valence electrons. The van der Waals surface area contributed by atoms with Gasteiger partial charge in [0.05, 0.1) is 29.9 Å². The van der Waals surface area contributed by atoms with E-state index in [1.54, 1.807) is 23.8 Å². The van der Waals surface area contributed by atoms with E-state index in [0.29, 0.717) is 35.1 Å².